The maximum Gasteiger partial charge on any atom is 0.176 e. The van der Waals surface area contributed by atoms with Crippen LogP contribution in [0.5, 0.6) is 0 Å². The highest BCUT2D eigenvalue weighted by molar-refractivity contribution is 7.14. The first-order chi connectivity index (χ1) is 14.8. The van der Waals surface area contributed by atoms with Crippen molar-refractivity contribution >= 4 is 38.8 Å². The van der Waals surface area contributed by atoms with Gasteiger partial charge in [0.15, 0.2) is 11.0 Å². The lowest BCUT2D eigenvalue weighted by atomic mass is 10.0. The largest absolute Gasteiger partial charge is 0.335 e. The molecule has 6 heterocycles. The number of H-pyrrole nitrogens is 2. The fraction of sp³-hybridized carbons (Fsp3) is 0.143. The first-order valence-electron chi connectivity index (χ1n) is 9.60. The number of nitrogens with one attached hydrogen (secondary N) is 3. The van der Waals surface area contributed by atoms with E-state index in [2.05, 4.69) is 42.6 Å². The maximum absolute atomic E-state index is 13.5. The highest BCUT2D eigenvalue weighted by Gasteiger charge is 2.18. The molecule has 0 aromatic carbocycles. The Morgan fingerprint density at radius 1 is 1.10 bits per heavy atom. The summed E-state index contributed by atoms with van der Waals surface area (Å²) >= 11 is 1.08. The first-order valence-corrected chi connectivity index (χ1v) is 10.4. The summed E-state index contributed by atoms with van der Waals surface area (Å²) in [7, 11) is 0. The molecular weight excluding hydrogens is 401 g/mol. The summed E-state index contributed by atoms with van der Waals surface area (Å²) in [6, 6.07) is 5.27. The number of halogens is 1. The van der Waals surface area contributed by atoms with Crippen molar-refractivity contribution in [2.45, 2.75) is 6.42 Å². The zero-order valence-corrected chi connectivity index (χ0v) is 16.6. The lowest BCUT2D eigenvalue weighted by Crippen LogP contribution is -2.20. The van der Waals surface area contributed by atoms with Gasteiger partial charge in [-0.25, -0.2) is 4.98 Å². The number of aromatic amines is 2. The summed E-state index contributed by atoms with van der Waals surface area (Å²) in [5.41, 5.74) is 6.09. The van der Waals surface area contributed by atoms with E-state index in [0.29, 0.717) is 5.82 Å². The van der Waals surface area contributed by atoms with Crippen LogP contribution in [-0.2, 0) is 0 Å². The van der Waals surface area contributed by atoms with Crippen LogP contribution in [0.15, 0.2) is 42.9 Å². The first kappa shape index (κ1) is 17.4. The number of hydrogen-bond acceptors (Lipinski definition) is 6. The van der Waals surface area contributed by atoms with Gasteiger partial charge in [0.2, 0.25) is 0 Å². The number of fused-ring (bicyclic) bond motifs is 2. The van der Waals surface area contributed by atoms with Crippen molar-refractivity contribution in [2.24, 2.45) is 0 Å². The second kappa shape index (κ2) is 6.82. The van der Waals surface area contributed by atoms with Gasteiger partial charge >= 0.3 is 0 Å². The van der Waals surface area contributed by atoms with Gasteiger partial charge in [-0.3, -0.25) is 15.1 Å². The van der Waals surface area contributed by atoms with E-state index in [0.717, 1.165) is 74.6 Å². The van der Waals surface area contributed by atoms with Gasteiger partial charge in [0, 0.05) is 28.6 Å². The van der Waals surface area contributed by atoms with E-state index in [-0.39, 0.29) is 5.13 Å². The molecule has 0 amide bonds. The molecule has 148 valence electrons. The van der Waals surface area contributed by atoms with Gasteiger partial charge < -0.3 is 10.3 Å². The molecule has 7 nitrogen and oxygen atoms in total. The number of thiophene rings is 1. The van der Waals surface area contributed by atoms with Crippen LogP contribution in [-0.4, -0.2) is 43.2 Å². The molecule has 9 heteroatoms. The van der Waals surface area contributed by atoms with Crippen molar-refractivity contribution in [1.82, 2.24) is 35.5 Å². The van der Waals surface area contributed by atoms with Crippen LogP contribution in [0.2, 0.25) is 0 Å². The Morgan fingerprint density at radius 2 is 2.07 bits per heavy atom. The molecular formula is C21H16FN7S. The molecule has 5 aromatic heterocycles. The highest BCUT2D eigenvalue weighted by atomic mass is 32.1. The van der Waals surface area contributed by atoms with Crippen LogP contribution in [0.3, 0.4) is 0 Å². The minimum absolute atomic E-state index is 0.233. The Labute approximate surface area is 174 Å². The van der Waals surface area contributed by atoms with Crippen LogP contribution < -0.4 is 5.32 Å². The van der Waals surface area contributed by atoms with Gasteiger partial charge in [0.05, 0.1) is 29.1 Å². The molecule has 1 aliphatic rings. The van der Waals surface area contributed by atoms with Crippen LogP contribution >= 0.6 is 11.3 Å². The Morgan fingerprint density at radius 3 is 2.90 bits per heavy atom. The van der Waals surface area contributed by atoms with E-state index in [1.165, 1.54) is 11.6 Å². The SMILES string of the molecule is Fc1ccc(-c2cncc3[nH]c(-c4n[nH]c5cnc(C6=CCNCC6)cc45)nc23)s1. The third kappa shape index (κ3) is 2.82. The zero-order valence-electron chi connectivity index (χ0n) is 15.7. The summed E-state index contributed by atoms with van der Waals surface area (Å²) in [5, 5.41) is 11.6. The fourth-order valence-electron chi connectivity index (χ4n) is 3.81. The van der Waals surface area contributed by atoms with Crippen molar-refractivity contribution in [1.29, 1.82) is 0 Å². The molecule has 0 saturated carbocycles. The zero-order chi connectivity index (χ0) is 20.1. The third-order valence-corrected chi connectivity index (χ3v) is 6.20. The molecule has 5 aromatic rings. The molecule has 30 heavy (non-hydrogen) atoms. The summed E-state index contributed by atoms with van der Waals surface area (Å²) in [5.74, 6) is 0.638. The Kier molecular flexibility index (Phi) is 3.96. The van der Waals surface area contributed by atoms with Crippen LogP contribution in [0.1, 0.15) is 12.1 Å². The highest BCUT2D eigenvalue weighted by Crippen LogP contribution is 2.34. The van der Waals surface area contributed by atoms with E-state index in [1.807, 2.05) is 6.20 Å². The van der Waals surface area contributed by atoms with E-state index >= 15 is 0 Å². The second-order valence-corrected chi connectivity index (χ2v) is 8.18. The Hall–Kier alpha value is -3.43. The topological polar surface area (TPSA) is 95.2 Å². The Balaban J connectivity index is 1.49. The molecule has 0 atom stereocenters. The maximum atomic E-state index is 13.5. The van der Waals surface area contributed by atoms with Crippen LogP contribution in [0, 0.1) is 5.13 Å². The molecule has 0 spiro atoms. The van der Waals surface area contributed by atoms with E-state index in [9.17, 15) is 4.39 Å². The lowest BCUT2D eigenvalue weighted by Gasteiger charge is -2.13. The van der Waals surface area contributed by atoms with E-state index < -0.39 is 0 Å². The minimum atomic E-state index is -0.233. The predicted octanol–water partition coefficient (Wildman–Crippen LogP) is 4.14. The average Bonchev–Trinajstić information content (AvgIpc) is 3.51. The smallest absolute Gasteiger partial charge is 0.176 e. The van der Waals surface area contributed by atoms with Gasteiger partial charge in [0.25, 0.3) is 0 Å². The summed E-state index contributed by atoms with van der Waals surface area (Å²) in [6.07, 6.45) is 8.38. The number of rotatable bonds is 3. The standard InChI is InChI=1S/C21H16FN7S/c22-18-2-1-17(30-18)13-8-24-9-16-19(13)27-21(26-16)20-12-7-14(11-3-5-23-6-4-11)25-10-15(12)28-29-20/h1-3,7-10,23H,4-6H2,(H,26,27)(H,28,29). The van der Waals surface area contributed by atoms with Crippen molar-refractivity contribution in [2.75, 3.05) is 13.1 Å². The normalized spacial score (nSPS) is 14.5. The number of imidazole rings is 1. The number of aromatic nitrogens is 6. The van der Waals surface area contributed by atoms with Gasteiger partial charge in [0.1, 0.15) is 11.2 Å². The summed E-state index contributed by atoms with van der Waals surface area (Å²) in [4.78, 5) is 17.8. The van der Waals surface area contributed by atoms with Crippen molar-refractivity contribution in [3.63, 3.8) is 0 Å². The van der Waals surface area contributed by atoms with Crippen molar-refractivity contribution in [3.8, 4) is 22.0 Å². The Bertz CT molecular complexity index is 1430. The fourth-order valence-corrected chi connectivity index (χ4v) is 4.55. The lowest BCUT2D eigenvalue weighted by molar-refractivity contribution is 0.657. The number of nitrogens with zero attached hydrogens (tertiary/aromatic N) is 4. The van der Waals surface area contributed by atoms with Crippen LogP contribution in [0.4, 0.5) is 4.39 Å². The molecule has 0 bridgehead atoms. The molecule has 0 saturated heterocycles. The van der Waals surface area contributed by atoms with Gasteiger partial charge in [-0.15, -0.1) is 11.3 Å². The predicted molar refractivity (Wildman–Crippen MR) is 116 cm³/mol. The minimum Gasteiger partial charge on any atom is -0.335 e. The molecule has 0 aliphatic carbocycles. The molecule has 0 radical (unpaired) electrons. The molecule has 0 fully saturated rings. The van der Waals surface area contributed by atoms with Crippen molar-refractivity contribution in [3.05, 3.63) is 53.7 Å². The van der Waals surface area contributed by atoms with Gasteiger partial charge in [-0.2, -0.15) is 9.49 Å². The van der Waals surface area contributed by atoms with Crippen LogP contribution in [0.25, 0.3) is 49.5 Å². The molecule has 6 rings (SSSR count). The van der Waals surface area contributed by atoms with E-state index in [4.69, 9.17) is 4.98 Å². The number of pyridine rings is 2. The number of hydrogen-bond donors (Lipinski definition) is 3. The molecule has 1 aliphatic heterocycles. The van der Waals surface area contributed by atoms with Gasteiger partial charge in [-0.1, -0.05) is 6.08 Å². The third-order valence-electron chi connectivity index (χ3n) is 5.30. The summed E-state index contributed by atoms with van der Waals surface area (Å²) in [6.45, 7) is 1.81. The molecule has 0 unspecified atom stereocenters. The monoisotopic (exact) mass is 417 g/mol. The molecule has 3 N–H and O–H groups in total. The second-order valence-electron chi connectivity index (χ2n) is 7.14. The van der Waals surface area contributed by atoms with Crippen molar-refractivity contribution < 1.29 is 4.39 Å². The quantitative estimate of drug-likeness (QED) is 0.410. The van der Waals surface area contributed by atoms with Gasteiger partial charge in [-0.05, 0) is 36.7 Å². The average molecular weight is 417 g/mol. The summed E-state index contributed by atoms with van der Waals surface area (Å²) < 4.78 is 13.5. The van der Waals surface area contributed by atoms with E-state index in [1.54, 1.807) is 18.5 Å².